The largest absolute Gasteiger partial charge is 0.465 e. The summed E-state index contributed by atoms with van der Waals surface area (Å²) in [5, 5.41) is 1.11. The van der Waals surface area contributed by atoms with Crippen molar-refractivity contribution < 1.29 is 18.7 Å². The van der Waals surface area contributed by atoms with Crippen molar-refractivity contribution in [1.82, 2.24) is 0 Å². The molecule has 0 spiro atoms. The molecule has 27 heavy (non-hydrogen) atoms. The number of fused-ring (bicyclic) bond motifs is 2. The lowest BCUT2D eigenvalue weighted by Crippen LogP contribution is -2.05. The van der Waals surface area contributed by atoms with Crippen LogP contribution in [0.5, 0.6) is 11.5 Å². The van der Waals surface area contributed by atoms with Crippen LogP contribution in [-0.2, 0) is 4.74 Å². The molecular formula is C21H13ClO5. The summed E-state index contributed by atoms with van der Waals surface area (Å²) < 4.78 is 16.4. The lowest BCUT2D eigenvalue weighted by Gasteiger charge is -2.12. The Morgan fingerprint density at radius 3 is 2.56 bits per heavy atom. The Hall–Kier alpha value is -3.31. The minimum atomic E-state index is -0.571. The van der Waals surface area contributed by atoms with E-state index in [1.807, 2.05) is 0 Å². The molecule has 4 aromatic rings. The molecule has 0 amide bonds. The summed E-state index contributed by atoms with van der Waals surface area (Å²) in [6, 6.07) is 16.7. The molecule has 0 atom stereocenters. The summed E-state index contributed by atoms with van der Waals surface area (Å²) in [7, 11) is 1.28. The predicted molar refractivity (Wildman–Crippen MR) is 103 cm³/mol. The molecule has 0 unspecified atom stereocenters. The fourth-order valence-corrected chi connectivity index (χ4v) is 3.06. The molecule has 0 aliphatic carbocycles. The fourth-order valence-electron chi connectivity index (χ4n) is 2.85. The van der Waals surface area contributed by atoms with Gasteiger partial charge < -0.3 is 13.9 Å². The van der Waals surface area contributed by atoms with E-state index in [9.17, 15) is 9.59 Å². The van der Waals surface area contributed by atoms with Crippen molar-refractivity contribution in [3.63, 3.8) is 0 Å². The fraction of sp³-hybridized carbons (Fsp3) is 0.0476. The second kappa shape index (κ2) is 6.78. The maximum atomic E-state index is 12.8. The first-order valence-electron chi connectivity index (χ1n) is 8.09. The SMILES string of the molecule is COC(=O)c1cccc(Cl)c1Oc1ccc2oc3ccccc3c(=O)c2c1. The van der Waals surface area contributed by atoms with Gasteiger partial charge in [0.15, 0.2) is 5.75 Å². The van der Waals surface area contributed by atoms with Gasteiger partial charge in [0.1, 0.15) is 22.5 Å². The van der Waals surface area contributed by atoms with Crippen LogP contribution in [0.3, 0.4) is 0 Å². The highest BCUT2D eigenvalue weighted by molar-refractivity contribution is 6.32. The van der Waals surface area contributed by atoms with Crippen LogP contribution in [0, 0.1) is 0 Å². The third-order valence-corrected chi connectivity index (χ3v) is 4.44. The molecule has 4 rings (SSSR count). The van der Waals surface area contributed by atoms with Gasteiger partial charge in [0.05, 0.1) is 22.9 Å². The number of hydrogen-bond donors (Lipinski definition) is 0. The number of rotatable bonds is 3. The Labute approximate surface area is 158 Å². The molecule has 0 radical (unpaired) electrons. The van der Waals surface area contributed by atoms with Crippen LogP contribution in [0.2, 0.25) is 5.02 Å². The maximum absolute atomic E-state index is 12.8. The van der Waals surface area contributed by atoms with Crippen molar-refractivity contribution in [3.8, 4) is 11.5 Å². The molecule has 6 heteroatoms. The standard InChI is InChI=1S/C21H13ClO5/c1-25-21(24)14-6-4-7-16(22)20(14)26-12-9-10-18-15(11-12)19(23)13-5-2-3-8-17(13)27-18/h2-11H,1H3. The molecule has 0 saturated heterocycles. The quantitative estimate of drug-likeness (QED) is 0.362. The van der Waals surface area contributed by atoms with Crippen LogP contribution in [0.4, 0.5) is 0 Å². The molecule has 0 aliphatic heterocycles. The molecule has 0 aliphatic rings. The number of methoxy groups -OCH3 is 1. The monoisotopic (exact) mass is 380 g/mol. The Kier molecular flexibility index (Phi) is 4.30. The van der Waals surface area contributed by atoms with Crippen molar-refractivity contribution in [2.45, 2.75) is 0 Å². The van der Waals surface area contributed by atoms with Crippen molar-refractivity contribution in [3.05, 3.63) is 81.5 Å². The molecule has 0 N–H and O–H groups in total. The molecular weight excluding hydrogens is 368 g/mol. The van der Waals surface area contributed by atoms with E-state index in [1.165, 1.54) is 7.11 Å². The molecule has 5 nitrogen and oxygen atoms in total. The minimum absolute atomic E-state index is 0.162. The van der Waals surface area contributed by atoms with Gasteiger partial charge in [-0.05, 0) is 42.5 Å². The molecule has 0 saturated carbocycles. The molecule has 1 aromatic heterocycles. The van der Waals surface area contributed by atoms with Gasteiger partial charge in [-0.15, -0.1) is 0 Å². The predicted octanol–water partition coefficient (Wildman–Crippen LogP) is 5.18. The molecule has 0 fully saturated rings. The van der Waals surface area contributed by atoms with Crippen molar-refractivity contribution >= 4 is 39.5 Å². The smallest absolute Gasteiger partial charge is 0.341 e. The highest BCUT2D eigenvalue weighted by Gasteiger charge is 2.17. The second-order valence-electron chi connectivity index (χ2n) is 5.80. The number of esters is 1. The molecule has 3 aromatic carbocycles. The van der Waals surface area contributed by atoms with Gasteiger partial charge in [-0.25, -0.2) is 4.79 Å². The van der Waals surface area contributed by atoms with Gasteiger partial charge in [-0.2, -0.15) is 0 Å². The summed E-state index contributed by atoms with van der Waals surface area (Å²) in [5.41, 5.74) is 0.987. The lowest BCUT2D eigenvalue weighted by atomic mass is 10.1. The molecule has 0 bridgehead atoms. The van der Waals surface area contributed by atoms with Gasteiger partial charge in [-0.1, -0.05) is 29.8 Å². The van der Waals surface area contributed by atoms with E-state index in [0.29, 0.717) is 27.7 Å². The highest BCUT2D eigenvalue weighted by atomic mass is 35.5. The first-order valence-corrected chi connectivity index (χ1v) is 8.46. The van der Waals surface area contributed by atoms with Crippen LogP contribution < -0.4 is 10.2 Å². The zero-order valence-electron chi connectivity index (χ0n) is 14.2. The summed E-state index contributed by atoms with van der Waals surface area (Å²) in [4.78, 5) is 24.7. The average Bonchev–Trinajstić information content (AvgIpc) is 2.69. The van der Waals surface area contributed by atoms with E-state index >= 15 is 0 Å². The maximum Gasteiger partial charge on any atom is 0.341 e. The number of para-hydroxylation sites is 2. The van der Waals surface area contributed by atoms with E-state index < -0.39 is 5.97 Å². The normalized spacial score (nSPS) is 10.9. The van der Waals surface area contributed by atoms with Gasteiger partial charge in [0.2, 0.25) is 5.43 Å². The molecule has 134 valence electrons. The van der Waals surface area contributed by atoms with E-state index in [1.54, 1.807) is 60.7 Å². The van der Waals surface area contributed by atoms with Crippen LogP contribution in [0.1, 0.15) is 10.4 Å². The van der Waals surface area contributed by atoms with E-state index in [4.69, 9.17) is 25.5 Å². The van der Waals surface area contributed by atoms with Crippen LogP contribution in [-0.4, -0.2) is 13.1 Å². The average molecular weight is 381 g/mol. The van der Waals surface area contributed by atoms with E-state index in [0.717, 1.165) is 0 Å². The van der Waals surface area contributed by atoms with Gasteiger partial charge >= 0.3 is 5.97 Å². The Morgan fingerprint density at radius 1 is 0.963 bits per heavy atom. The number of hydrogen-bond acceptors (Lipinski definition) is 5. The number of halogens is 1. The summed E-state index contributed by atoms with van der Waals surface area (Å²) in [6.07, 6.45) is 0. The number of benzene rings is 3. The van der Waals surface area contributed by atoms with Gasteiger partial charge in [0, 0.05) is 0 Å². The first kappa shape index (κ1) is 17.1. The summed E-state index contributed by atoms with van der Waals surface area (Å²) >= 11 is 6.19. The van der Waals surface area contributed by atoms with Gasteiger partial charge in [-0.3, -0.25) is 4.79 Å². The lowest BCUT2D eigenvalue weighted by molar-refractivity contribution is 0.0598. The van der Waals surface area contributed by atoms with Crippen molar-refractivity contribution in [2.75, 3.05) is 7.11 Å². The van der Waals surface area contributed by atoms with Crippen molar-refractivity contribution in [1.29, 1.82) is 0 Å². The second-order valence-corrected chi connectivity index (χ2v) is 6.20. The Bertz CT molecular complexity index is 1240. The van der Waals surface area contributed by atoms with Crippen LogP contribution in [0.15, 0.2) is 69.9 Å². The van der Waals surface area contributed by atoms with Gasteiger partial charge in [0.25, 0.3) is 0 Å². The Morgan fingerprint density at radius 2 is 1.74 bits per heavy atom. The molecule has 1 heterocycles. The highest BCUT2D eigenvalue weighted by Crippen LogP contribution is 2.34. The van der Waals surface area contributed by atoms with E-state index in [2.05, 4.69) is 0 Å². The topological polar surface area (TPSA) is 65.7 Å². The summed E-state index contributed by atoms with van der Waals surface area (Å²) in [6.45, 7) is 0. The minimum Gasteiger partial charge on any atom is -0.465 e. The van der Waals surface area contributed by atoms with Crippen LogP contribution in [0.25, 0.3) is 21.9 Å². The Balaban J connectivity index is 1.85. The van der Waals surface area contributed by atoms with Crippen LogP contribution >= 0.6 is 11.6 Å². The zero-order chi connectivity index (χ0) is 19.0. The third kappa shape index (κ3) is 3.02. The number of carbonyl (C=O) groups excluding carboxylic acids is 1. The number of carbonyl (C=O) groups is 1. The number of ether oxygens (including phenoxy) is 2. The first-order chi connectivity index (χ1) is 13.1. The van der Waals surface area contributed by atoms with E-state index in [-0.39, 0.29) is 21.8 Å². The third-order valence-electron chi connectivity index (χ3n) is 4.14. The zero-order valence-corrected chi connectivity index (χ0v) is 14.9. The van der Waals surface area contributed by atoms with Crippen molar-refractivity contribution in [2.24, 2.45) is 0 Å². The summed E-state index contributed by atoms with van der Waals surface area (Å²) in [5.74, 6) is -0.0577.